The first-order chi connectivity index (χ1) is 8.79. The molecule has 98 valence electrons. The number of carbonyl (C=O) groups excluding carboxylic acids is 1. The second kappa shape index (κ2) is 6.52. The van der Waals surface area contributed by atoms with Crippen molar-refractivity contribution in [1.82, 2.24) is 0 Å². The Labute approximate surface area is 107 Å². The molecule has 1 heterocycles. The van der Waals surface area contributed by atoms with Gasteiger partial charge in [-0.25, -0.2) is 4.79 Å². The van der Waals surface area contributed by atoms with Crippen molar-refractivity contribution in [3.05, 3.63) is 35.4 Å². The Morgan fingerprint density at radius 3 is 2.78 bits per heavy atom. The number of methoxy groups -OCH3 is 1. The number of carbonyl (C=O) groups is 1. The molecule has 4 heteroatoms. The molecule has 1 atom stereocenters. The molecule has 1 aromatic rings. The molecule has 0 radical (unpaired) electrons. The summed E-state index contributed by atoms with van der Waals surface area (Å²) in [5, 5.41) is 0. The van der Waals surface area contributed by atoms with Gasteiger partial charge in [-0.3, -0.25) is 0 Å². The van der Waals surface area contributed by atoms with E-state index in [1.165, 1.54) is 7.11 Å². The SMILES string of the molecule is COC(=O)c1ccc(CCOC2CCOC2)cc1. The average molecular weight is 250 g/mol. The summed E-state index contributed by atoms with van der Waals surface area (Å²) in [6.45, 7) is 2.20. The number of rotatable bonds is 5. The maximum atomic E-state index is 11.3. The van der Waals surface area contributed by atoms with Crippen LogP contribution in [-0.2, 0) is 20.6 Å². The molecule has 1 aromatic carbocycles. The standard InChI is InChI=1S/C14H18O4/c1-16-14(15)12-4-2-11(3-5-12)6-9-18-13-7-8-17-10-13/h2-5,13H,6-10H2,1H3. The topological polar surface area (TPSA) is 44.8 Å². The molecule has 2 rings (SSSR count). The molecule has 1 aliphatic rings. The van der Waals surface area contributed by atoms with Gasteiger partial charge in [-0.2, -0.15) is 0 Å². The number of hydrogen-bond donors (Lipinski definition) is 0. The van der Waals surface area contributed by atoms with E-state index in [9.17, 15) is 4.79 Å². The third-order valence-corrected chi connectivity index (χ3v) is 3.01. The summed E-state index contributed by atoms with van der Waals surface area (Å²) in [4.78, 5) is 11.3. The molecule has 1 saturated heterocycles. The summed E-state index contributed by atoms with van der Waals surface area (Å²) in [5.41, 5.74) is 1.73. The third-order valence-electron chi connectivity index (χ3n) is 3.01. The first kappa shape index (κ1) is 13.1. The normalized spacial score (nSPS) is 18.8. The summed E-state index contributed by atoms with van der Waals surface area (Å²) in [6, 6.07) is 7.42. The van der Waals surface area contributed by atoms with E-state index < -0.39 is 0 Å². The van der Waals surface area contributed by atoms with Gasteiger partial charge in [0.15, 0.2) is 0 Å². The largest absolute Gasteiger partial charge is 0.465 e. The van der Waals surface area contributed by atoms with Crippen molar-refractivity contribution in [1.29, 1.82) is 0 Å². The van der Waals surface area contributed by atoms with E-state index in [1.807, 2.05) is 12.1 Å². The molecule has 0 bridgehead atoms. The summed E-state index contributed by atoms with van der Waals surface area (Å²) >= 11 is 0. The van der Waals surface area contributed by atoms with Crippen molar-refractivity contribution < 1.29 is 19.0 Å². The molecule has 1 aliphatic heterocycles. The van der Waals surface area contributed by atoms with Gasteiger partial charge in [-0.1, -0.05) is 12.1 Å². The second-order valence-corrected chi connectivity index (χ2v) is 4.29. The Kier molecular flexibility index (Phi) is 4.73. The van der Waals surface area contributed by atoms with Gasteiger partial charge in [0.1, 0.15) is 0 Å². The van der Waals surface area contributed by atoms with Crippen LogP contribution in [0.5, 0.6) is 0 Å². The van der Waals surface area contributed by atoms with Crippen LogP contribution in [0, 0.1) is 0 Å². The van der Waals surface area contributed by atoms with Crippen LogP contribution < -0.4 is 0 Å². The van der Waals surface area contributed by atoms with Crippen molar-refractivity contribution in [2.45, 2.75) is 18.9 Å². The summed E-state index contributed by atoms with van der Waals surface area (Å²) < 4.78 is 15.6. The molecule has 0 aliphatic carbocycles. The Balaban J connectivity index is 1.77. The lowest BCUT2D eigenvalue weighted by molar-refractivity contribution is 0.0446. The molecular weight excluding hydrogens is 232 g/mol. The minimum absolute atomic E-state index is 0.249. The highest BCUT2D eigenvalue weighted by atomic mass is 16.5. The molecule has 0 N–H and O–H groups in total. The quantitative estimate of drug-likeness (QED) is 0.748. The van der Waals surface area contributed by atoms with Crippen LogP contribution in [0.2, 0.25) is 0 Å². The van der Waals surface area contributed by atoms with Gasteiger partial charge >= 0.3 is 5.97 Å². The molecule has 1 fully saturated rings. The van der Waals surface area contributed by atoms with Gasteiger partial charge in [0.25, 0.3) is 0 Å². The van der Waals surface area contributed by atoms with E-state index in [2.05, 4.69) is 4.74 Å². The Morgan fingerprint density at radius 2 is 2.17 bits per heavy atom. The van der Waals surface area contributed by atoms with Crippen LogP contribution in [-0.4, -0.2) is 39.0 Å². The van der Waals surface area contributed by atoms with E-state index in [0.29, 0.717) is 18.8 Å². The van der Waals surface area contributed by atoms with Gasteiger partial charge in [-0.15, -0.1) is 0 Å². The van der Waals surface area contributed by atoms with Crippen LogP contribution >= 0.6 is 0 Å². The fourth-order valence-electron chi connectivity index (χ4n) is 1.91. The van der Waals surface area contributed by atoms with Gasteiger partial charge in [0.2, 0.25) is 0 Å². The smallest absolute Gasteiger partial charge is 0.337 e. The molecule has 0 saturated carbocycles. The van der Waals surface area contributed by atoms with Gasteiger partial charge in [0.05, 0.1) is 32.0 Å². The van der Waals surface area contributed by atoms with Crippen LogP contribution in [0.25, 0.3) is 0 Å². The Hall–Kier alpha value is -1.39. The van der Waals surface area contributed by atoms with Crippen molar-refractivity contribution in [2.75, 3.05) is 26.9 Å². The lowest BCUT2D eigenvalue weighted by Gasteiger charge is -2.09. The number of ether oxygens (including phenoxy) is 3. The molecule has 0 aromatic heterocycles. The highest BCUT2D eigenvalue weighted by Gasteiger charge is 2.15. The monoisotopic (exact) mass is 250 g/mol. The van der Waals surface area contributed by atoms with E-state index in [1.54, 1.807) is 12.1 Å². The molecule has 1 unspecified atom stereocenters. The first-order valence-corrected chi connectivity index (χ1v) is 6.16. The highest BCUT2D eigenvalue weighted by molar-refractivity contribution is 5.89. The fraction of sp³-hybridized carbons (Fsp3) is 0.500. The Bertz CT molecular complexity index is 379. The number of benzene rings is 1. The van der Waals surface area contributed by atoms with Gasteiger partial charge in [-0.05, 0) is 30.5 Å². The highest BCUT2D eigenvalue weighted by Crippen LogP contribution is 2.10. The minimum atomic E-state index is -0.305. The average Bonchev–Trinajstić information content (AvgIpc) is 2.92. The molecule has 4 nitrogen and oxygen atoms in total. The third kappa shape index (κ3) is 3.55. The summed E-state index contributed by atoms with van der Waals surface area (Å²) in [5.74, 6) is -0.305. The summed E-state index contributed by atoms with van der Waals surface area (Å²) in [6.07, 6.45) is 2.08. The van der Waals surface area contributed by atoms with Gasteiger partial charge in [0, 0.05) is 6.61 Å². The van der Waals surface area contributed by atoms with Crippen molar-refractivity contribution in [3.63, 3.8) is 0 Å². The van der Waals surface area contributed by atoms with Crippen LogP contribution in [0.1, 0.15) is 22.3 Å². The Morgan fingerprint density at radius 1 is 1.39 bits per heavy atom. The van der Waals surface area contributed by atoms with Crippen LogP contribution in [0.4, 0.5) is 0 Å². The first-order valence-electron chi connectivity index (χ1n) is 6.16. The molecule has 18 heavy (non-hydrogen) atoms. The zero-order valence-electron chi connectivity index (χ0n) is 10.6. The number of hydrogen-bond acceptors (Lipinski definition) is 4. The van der Waals surface area contributed by atoms with E-state index >= 15 is 0 Å². The van der Waals surface area contributed by atoms with E-state index in [0.717, 1.165) is 25.0 Å². The van der Waals surface area contributed by atoms with Gasteiger partial charge < -0.3 is 14.2 Å². The zero-order chi connectivity index (χ0) is 12.8. The lowest BCUT2D eigenvalue weighted by atomic mass is 10.1. The van der Waals surface area contributed by atoms with E-state index in [-0.39, 0.29) is 12.1 Å². The van der Waals surface area contributed by atoms with Crippen LogP contribution in [0.15, 0.2) is 24.3 Å². The lowest BCUT2D eigenvalue weighted by Crippen LogP contribution is -2.14. The molecular formula is C14H18O4. The second-order valence-electron chi connectivity index (χ2n) is 4.29. The fourth-order valence-corrected chi connectivity index (χ4v) is 1.91. The molecule has 0 spiro atoms. The maximum absolute atomic E-state index is 11.3. The minimum Gasteiger partial charge on any atom is -0.465 e. The summed E-state index contributed by atoms with van der Waals surface area (Å²) in [7, 11) is 1.38. The maximum Gasteiger partial charge on any atom is 0.337 e. The predicted octanol–water partition coefficient (Wildman–Crippen LogP) is 1.82. The number of esters is 1. The van der Waals surface area contributed by atoms with Crippen molar-refractivity contribution in [2.24, 2.45) is 0 Å². The van der Waals surface area contributed by atoms with E-state index in [4.69, 9.17) is 9.47 Å². The van der Waals surface area contributed by atoms with Crippen molar-refractivity contribution >= 4 is 5.97 Å². The van der Waals surface area contributed by atoms with Crippen LogP contribution in [0.3, 0.4) is 0 Å². The van der Waals surface area contributed by atoms with Crippen molar-refractivity contribution in [3.8, 4) is 0 Å². The zero-order valence-corrected chi connectivity index (χ0v) is 10.6. The molecule has 0 amide bonds. The predicted molar refractivity (Wildman–Crippen MR) is 66.7 cm³/mol.